The fourth-order valence-electron chi connectivity index (χ4n) is 9.38. The number of benzene rings is 4. The lowest BCUT2D eigenvalue weighted by atomic mass is 9.76. The molecule has 3 saturated heterocycles. The Hall–Kier alpha value is -5.35. The molecule has 5 aliphatic heterocycles. The third-order valence-electron chi connectivity index (χ3n) is 12.4. The van der Waals surface area contributed by atoms with Crippen LogP contribution in [0.25, 0.3) is 0 Å². The number of piperidine rings is 2. The van der Waals surface area contributed by atoms with Crippen LogP contribution >= 0.6 is 0 Å². The van der Waals surface area contributed by atoms with Gasteiger partial charge in [-0.3, -0.25) is 24.6 Å². The standard InChI is InChI=1S/C44H47N5O5.C2H6/c50-35-11-13-37-40(25-35)54-28-38(30-4-2-1-3-5-30)42(37)31-6-8-33(9-7-31)47-18-16-29(17-19-47)26-46-20-22-48(23-21-46)34-10-12-36-32(24-34)27-49(44(36)53)39-14-15-41(51)45-43(39)52;1-2/h1-13,24-25,29,38-39,42,50H,14-23,26-28H2,(H,45,51,52);1-2H3. The normalized spacial score (nSPS) is 22.8. The second-order valence-corrected chi connectivity index (χ2v) is 15.6. The molecule has 5 aliphatic rings. The number of ether oxygens (including phenoxy) is 1. The first-order valence-corrected chi connectivity index (χ1v) is 20.5. The molecule has 0 saturated carbocycles. The van der Waals surface area contributed by atoms with E-state index in [1.54, 1.807) is 17.0 Å². The molecular formula is C46H53N5O5. The molecule has 3 unspecified atom stereocenters. The number of hydrogen-bond acceptors (Lipinski definition) is 8. The number of rotatable bonds is 7. The number of phenols is 1. The summed E-state index contributed by atoms with van der Waals surface area (Å²) in [5.74, 6) is 1.22. The van der Waals surface area contributed by atoms with Crippen LogP contribution in [0.15, 0.2) is 91.0 Å². The van der Waals surface area contributed by atoms with Gasteiger partial charge in [0.15, 0.2) is 0 Å². The average Bonchev–Trinajstić information content (AvgIpc) is 3.56. The molecule has 4 aromatic carbocycles. The summed E-state index contributed by atoms with van der Waals surface area (Å²) in [6, 6.07) is 30.7. The van der Waals surface area contributed by atoms with Crippen molar-refractivity contribution >= 4 is 29.1 Å². The molecule has 3 atom stereocenters. The Kier molecular flexibility index (Phi) is 11.0. The Bertz CT molecular complexity index is 2040. The summed E-state index contributed by atoms with van der Waals surface area (Å²) in [5.41, 5.74) is 7.65. The maximum Gasteiger partial charge on any atom is 0.255 e. The van der Waals surface area contributed by atoms with Crippen molar-refractivity contribution in [3.8, 4) is 11.5 Å². The third-order valence-corrected chi connectivity index (χ3v) is 12.4. The molecule has 3 amide bonds. The second-order valence-electron chi connectivity index (χ2n) is 15.6. The number of imide groups is 1. The SMILES string of the molecule is CC.O=C1CCC(N2Cc3cc(N4CCN(CC5CCN(c6ccc(C7c8ccc(O)cc8OCC7c7ccccc7)cc6)CC5)CC4)ccc3C2=O)C(=O)N1. The minimum atomic E-state index is -0.589. The van der Waals surface area contributed by atoms with Crippen LogP contribution in [-0.4, -0.2) is 91.1 Å². The van der Waals surface area contributed by atoms with E-state index in [1.165, 1.54) is 29.7 Å². The van der Waals surface area contributed by atoms with Gasteiger partial charge in [0.2, 0.25) is 11.8 Å². The minimum Gasteiger partial charge on any atom is -0.508 e. The maximum absolute atomic E-state index is 13.1. The van der Waals surface area contributed by atoms with Crippen molar-refractivity contribution in [2.45, 2.75) is 64.0 Å². The van der Waals surface area contributed by atoms with Gasteiger partial charge >= 0.3 is 0 Å². The highest BCUT2D eigenvalue weighted by molar-refractivity contribution is 6.05. The smallest absolute Gasteiger partial charge is 0.255 e. The number of aromatic hydroxyl groups is 1. The zero-order chi connectivity index (χ0) is 38.8. The largest absolute Gasteiger partial charge is 0.508 e. The molecule has 0 radical (unpaired) electrons. The number of phenolic OH excluding ortho intramolecular Hbond substituents is 1. The molecule has 0 aliphatic carbocycles. The van der Waals surface area contributed by atoms with Crippen molar-refractivity contribution < 1.29 is 24.2 Å². The van der Waals surface area contributed by atoms with Crippen molar-refractivity contribution in [2.24, 2.45) is 5.92 Å². The van der Waals surface area contributed by atoms with Gasteiger partial charge in [-0.2, -0.15) is 0 Å². The van der Waals surface area contributed by atoms with E-state index in [2.05, 4.69) is 80.7 Å². The highest BCUT2D eigenvalue weighted by atomic mass is 16.5. The minimum absolute atomic E-state index is 0.125. The Morgan fingerprint density at radius 2 is 1.46 bits per heavy atom. The molecule has 292 valence electrons. The van der Waals surface area contributed by atoms with Crippen LogP contribution in [0, 0.1) is 5.92 Å². The molecule has 3 fully saturated rings. The average molecular weight is 756 g/mol. The molecule has 5 heterocycles. The van der Waals surface area contributed by atoms with E-state index >= 15 is 0 Å². The molecule has 10 heteroatoms. The van der Waals surface area contributed by atoms with E-state index in [0.717, 1.165) is 68.4 Å². The zero-order valence-corrected chi connectivity index (χ0v) is 32.5. The van der Waals surface area contributed by atoms with Gasteiger partial charge in [-0.1, -0.05) is 62.4 Å². The first kappa shape index (κ1) is 37.6. The number of nitrogens with zero attached hydrogens (tertiary/aromatic N) is 4. The Labute approximate surface area is 330 Å². The zero-order valence-electron chi connectivity index (χ0n) is 32.5. The predicted molar refractivity (Wildman–Crippen MR) is 218 cm³/mol. The number of carbonyl (C=O) groups is 3. The van der Waals surface area contributed by atoms with Gasteiger partial charge in [-0.25, -0.2) is 0 Å². The van der Waals surface area contributed by atoms with Gasteiger partial charge in [-0.05, 0) is 78.3 Å². The number of nitrogens with one attached hydrogen (secondary N) is 1. The Morgan fingerprint density at radius 3 is 2.20 bits per heavy atom. The molecule has 0 aromatic heterocycles. The molecule has 4 aromatic rings. The van der Waals surface area contributed by atoms with E-state index in [0.29, 0.717) is 31.1 Å². The van der Waals surface area contributed by atoms with Crippen LogP contribution in [0.4, 0.5) is 11.4 Å². The quantitative estimate of drug-likeness (QED) is 0.206. The van der Waals surface area contributed by atoms with Crippen molar-refractivity contribution in [3.63, 3.8) is 0 Å². The van der Waals surface area contributed by atoms with E-state index in [-0.39, 0.29) is 41.7 Å². The molecule has 56 heavy (non-hydrogen) atoms. The topological polar surface area (TPSA) is 106 Å². The van der Waals surface area contributed by atoms with Crippen LogP contribution < -0.4 is 19.9 Å². The van der Waals surface area contributed by atoms with Crippen LogP contribution in [-0.2, 0) is 16.1 Å². The highest BCUT2D eigenvalue weighted by Crippen LogP contribution is 2.47. The molecule has 0 spiro atoms. The Morgan fingerprint density at radius 1 is 0.750 bits per heavy atom. The van der Waals surface area contributed by atoms with Crippen molar-refractivity contribution in [3.05, 3.63) is 119 Å². The predicted octanol–water partition coefficient (Wildman–Crippen LogP) is 6.53. The van der Waals surface area contributed by atoms with Gasteiger partial charge in [0, 0.05) is 99.2 Å². The first-order chi connectivity index (χ1) is 27.4. The van der Waals surface area contributed by atoms with Gasteiger partial charge < -0.3 is 24.5 Å². The lowest BCUT2D eigenvalue weighted by molar-refractivity contribution is -0.136. The molecule has 10 nitrogen and oxygen atoms in total. The highest BCUT2D eigenvalue weighted by Gasteiger charge is 2.39. The fraction of sp³-hybridized carbons (Fsp3) is 0.413. The van der Waals surface area contributed by atoms with Crippen LogP contribution in [0.2, 0.25) is 0 Å². The molecular weight excluding hydrogens is 703 g/mol. The van der Waals surface area contributed by atoms with Gasteiger partial charge in [0.25, 0.3) is 5.91 Å². The first-order valence-electron chi connectivity index (χ1n) is 20.5. The van der Waals surface area contributed by atoms with Gasteiger partial charge in [0.1, 0.15) is 17.5 Å². The summed E-state index contributed by atoms with van der Waals surface area (Å²) in [5, 5.41) is 12.5. The number of carbonyl (C=O) groups excluding carboxylic acids is 3. The lowest BCUT2D eigenvalue weighted by Gasteiger charge is -2.40. The number of hydrogen-bond donors (Lipinski definition) is 2. The monoisotopic (exact) mass is 755 g/mol. The number of fused-ring (bicyclic) bond motifs is 2. The second kappa shape index (κ2) is 16.4. The fourth-order valence-corrected chi connectivity index (χ4v) is 9.38. The van der Waals surface area contributed by atoms with Crippen molar-refractivity contribution in [2.75, 3.05) is 62.2 Å². The maximum atomic E-state index is 13.1. The molecule has 9 rings (SSSR count). The number of amides is 3. The van der Waals surface area contributed by atoms with Crippen LogP contribution in [0.5, 0.6) is 11.5 Å². The van der Waals surface area contributed by atoms with E-state index in [1.807, 2.05) is 32.0 Å². The van der Waals surface area contributed by atoms with Crippen LogP contribution in [0.1, 0.15) is 84.0 Å². The summed E-state index contributed by atoms with van der Waals surface area (Å²) in [6.07, 6.45) is 2.99. The Balaban J connectivity index is 0.00000217. The number of piperazine rings is 1. The van der Waals surface area contributed by atoms with Gasteiger partial charge in [0.05, 0.1) is 6.61 Å². The lowest BCUT2D eigenvalue weighted by Crippen LogP contribution is -2.52. The molecule has 2 N–H and O–H groups in total. The van der Waals surface area contributed by atoms with Crippen molar-refractivity contribution in [1.29, 1.82) is 0 Å². The summed E-state index contributed by atoms with van der Waals surface area (Å²) >= 11 is 0. The number of anilines is 2. The van der Waals surface area contributed by atoms with E-state index in [4.69, 9.17) is 4.74 Å². The third kappa shape index (κ3) is 7.59. The van der Waals surface area contributed by atoms with Gasteiger partial charge in [-0.15, -0.1) is 0 Å². The van der Waals surface area contributed by atoms with E-state index in [9.17, 15) is 19.5 Å². The summed E-state index contributed by atoms with van der Waals surface area (Å²) in [7, 11) is 0. The summed E-state index contributed by atoms with van der Waals surface area (Å²) < 4.78 is 6.17. The summed E-state index contributed by atoms with van der Waals surface area (Å²) in [4.78, 5) is 46.4. The molecule has 0 bridgehead atoms. The van der Waals surface area contributed by atoms with Crippen molar-refractivity contribution in [1.82, 2.24) is 15.1 Å². The van der Waals surface area contributed by atoms with Crippen LogP contribution in [0.3, 0.4) is 0 Å². The summed E-state index contributed by atoms with van der Waals surface area (Å²) in [6.45, 7) is 12.1. The van der Waals surface area contributed by atoms with E-state index < -0.39 is 6.04 Å².